The third-order valence-electron chi connectivity index (χ3n) is 4.04. The fourth-order valence-electron chi connectivity index (χ4n) is 2.51. The van der Waals surface area contributed by atoms with Crippen molar-refractivity contribution in [2.24, 2.45) is 0 Å². The van der Waals surface area contributed by atoms with Gasteiger partial charge in [-0.3, -0.25) is 4.79 Å². The molecule has 0 saturated heterocycles. The molecule has 0 unspecified atom stereocenters. The second-order valence-electron chi connectivity index (χ2n) is 5.82. The van der Waals surface area contributed by atoms with Gasteiger partial charge in [0.1, 0.15) is 11.8 Å². The lowest BCUT2D eigenvalue weighted by atomic mass is 10.1. The average Bonchev–Trinajstić information content (AvgIpc) is 2.68. The van der Waals surface area contributed by atoms with E-state index < -0.39 is 0 Å². The summed E-state index contributed by atoms with van der Waals surface area (Å²) in [5.41, 5.74) is 4.45. The van der Waals surface area contributed by atoms with Gasteiger partial charge in [0.15, 0.2) is 0 Å². The second-order valence-corrected chi connectivity index (χ2v) is 5.82. The highest BCUT2D eigenvalue weighted by Crippen LogP contribution is 2.16. The van der Waals surface area contributed by atoms with Crippen LogP contribution in [0.5, 0.6) is 0 Å². The first-order valence-corrected chi connectivity index (χ1v) is 8.22. The molecule has 0 aliphatic carbocycles. The number of hydrogen-bond donors (Lipinski definition) is 2. The molecule has 0 saturated carbocycles. The van der Waals surface area contributed by atoms with Crippen LogP contribution in [0.2, 0.25) is 0 Å². The first-order chi connectivity index (χ1) is 12.7. The molecule has 2 N–H and O–H groups in total. The van der Waals surface area contributed by atoms with Gasteiger partial charge < -0.3 is 10.6 Å². The van der Waals surface area contributed by atoms with Crippen molar-refractivity contribution in [3.8, 4) is 6.07 Å². The number of pyridine rings is 1. The summed E-state index contributed by atoms with van der Waals surface area (Å²) in [5.74, 6) is -0.349. The number of aromatic nitrogens is 1. The molecule has 128 valence electrons. The van der Waals surface area contributed by atoms with Gasteiger partial charge in [-0.15, -0.1) is 0 Å². The molecule has 3 aromatic rings. The van der Waals surface area contributed by atoms with Gasteiger partial charge in [0.25, 0.3) is 5.91 Å². The van der Waals surface area contributed by atoms with Crippen LogP contribution in [0.1, 0.15) is 27.2 Å². The van der Waals surface area contributed by atoms with Gasteiger partial charge in [-0.2, -0.15) is 5.26 Å². The van der Waals surface area contributed by atoms with Crippen molar-refractivity contribution >= 4 is 17.3 Å². The largest absolute Gasteiger partial charge is 0.380 e. The molecule has 1 heterocycles. The van der Waals surface area contributed by atoms with Gasteiger partial charge in [0.05, 0.1) is 23.1 Å². The third-order valence-corrected chi connectivity index (χ3v) is 4.04. The quantitative estimate of drug-likeness (QED) is 0.731. The number of rotatable bonds is 5. The third kappa shape index (κ3) is 4.05. The van der Waals surface area contributed by atoms with Crippen molar-refractivity contribution < 1.29 is 4.79 Å². The number of nitriles is 1. The summed E-state index contributed by atoms with van der Waals surface area (Å²) in [4.78, 5) is 16.5. The molecule has 26 heavy (non-hydrogen) atoms. The number of para-hydroxylation sites is 1. The highest BCUT2D eigenvalue weighted by molar-refractivity contribution is 6.03. The lowest BCUT2D eigenvalue weighted by molar-refractivity contribution is 0.102. The van der Waals surface area contributed by atoms with Crippen LogP contribution in [-0.2, 0) is 6.54 Å². The monoisotopic (exact) mass is 342 g/mol. The molecule has 0 aliphatic heterocycles. The van der Waals surface area contributed by atoms with Gasteiger partial charge >= 0.3 is 0 Å². The van der Waals surface area contributed by atoms with Gasteiger partial charge in [0.2, 0.25) is 0 Å². The zero-order valence-electron chi connectivity index (χ0n) is 14.4. The van der Waals surface area contributed by atoms with Gasteiger partial charge in [-0.05, 0) is 42.3 Å². The molecule has 2 aromatic carbocycles. The van der Waals surface area contributed by atoms with Crippen molar-refractivity contribution in [2.75, 3.05) is 10.6 Å². The summed E-state index contributed by atoms with van der Waals surface area (Å²) in [6.45, 7) is 2.76. The summed E-state index contributed by atoms with van der Waals surface area (Å²) >= 11 is 0. The zero-order chi connectivity index (χ0) is 18.4. The molecule has 0 radical (unpaired) electrons. The van der Waals surface area contributed by atoms with E-state index in [-0.39, 0.29) is 5.91 Å². The van der Waals surface area contributed by atoms with Crippen LogP contribution in [0.25, 0.3) is 0 Å². The van der Waals surface area contributed by atoms with E-state index in [0.717, 1.165) is 5.69 Å². The Bertz CT molecular complexity index is 958. The first-order valence-electron chi connectivity index (χ1n) is 8.22. The van der Waals surface area contributed by atoms with Crippen LogP contribution in [0.4, 0.5) is 11.4 Å². The maximum Gasteiger partial charge on any atom is 0.274 e. The number of aryl methyl sites for hydroxylation is 1. The summed E-state index contributed by atoms with van der Waals surface area (Å²) < 4.78 is 0. The number of anilines is 2. The Hall–Kier alpha value is -3.65. The average molecular weight is 342 g/mol. The predicted molar refractivity (Wildman–Crippen MR) is 102 cm³/mol. The highest BCUT2D eigenvalue weighted by Gasteiger charge is 2.10. The molecule has 0 spiro atoms. The molecular formula is C21H18N4O. The van der Waals surface area contributed by atoms with Crippen LogP contribution in [-0.4, -0.2) is 10.9 Å². The smallest absolute Gasteiger partial charge is 0.274 e. The Balaban J connectivity index is 1.65. The standard InChI is InChI=1S/C21H18N4O/c1-15-6-2-3-8-17(15)13-23-18-10-11-20(24-14-18)21(26)25-19-9-5-4-7-16(19)12-22/h2-11,14,23H,13H2,1H3,(H,25,26). The molecule has 3 rings (SSSR count). The van der Waals surface area contributed by atoms with Crippen molar-refractivity contribution in [1.82, 2.24) is 4.98 Å². The normalized spacial score (nSPS) is 10.0. The fraction of sp³-hybridized carbons (Fsp3) is 0.0952. The SMILES string of the molecule is Cc1ccccc1CNc1ccc(C(=O)Nc2ccccc2C#N)nc1. The van der Waals surface area contributed by atoms with Crippen LogP contribution in [0.3, 0.4) is 0 Å². The van der Waals surface area contributed by atoms with Crippen LogP contribution in [0, 0.1) is 18.3 Å². The highest BCUT2D eigenvalue weighted by atomic mass is 16.1. The number of nitrogens with one attached hydrogen (secondary N) is 2. The Morgan fingerprint density at radius 3 is 2.58 bits per heavy atom. The van der Waals surface area contributed by atoms with E-state index in [4.69, 9.17) is 5.26 Å². The Labute approximate surface area is 152 Å². The molecule has 5 nitrogen and oxygen atoms in total. The van der Waals surface area contributed by atoms with E-state index in [9.17, 15) is 4.79 Å². The molecule has 5 heteroatoms. The number of hydrogen-bond acceptors (Lipinski definition) is 4. The minimum atomic E-state index is -0.349. The maximum atomic E-state index is 12.3. The molecule has 0 atom stereocenters. The summed E-state index contributed by atoms with van der Waals surface area (Å²) in [5, 5.41) is 15.1. The molecule has 0 bridgehead atoms. The Morgan fingerprint density at radius 1 is 1.08 bits per heavy atom. The second kappa shape index (κ2) is 7.95. The Morgan fingerprint density at radius 2 is 1.85 bits per heavy atom. The Kier molecular flexibility index (Phi) is 5.25. The number of benzene rings is 2. The lowest BCUT2D eigenvalue weighted by Crippen LogP contribution is -2.14. The van der Waals surface area contributed by atoms with E-state index in [0.29, 0.717) is 23.5 Å². The first kappa shape index (κ1) is 17.2. The molecule has 0 fully saturated rings. The van der Waals surface area contributed by atoms with Gasteiger partial charge in [0, 0.05) is 6.54 Å². The molecular weight excluding hydrogens is 324 g/mol. The summed E-state index contributed by atoms with van der Waals surface area (Å²) in [6.07, 6.45) is 1.63. The van der Waals surface area contributed by atoms with E-state index in [1.54, 1.807) is 36.5 Å². The van der Waals surface area contributed by atoms with Crippen molar-refractivity contribution in [3.63, 3.8) is 0 Å². The predicted octanol–water partition coefficient (Wildman–Crippen LogP) is 4.13. The molecule has 0 aliphatic rings. The summed E-state index contributed by atoms with van der Waals surface area (Å²) in [6, 6.07) is 20.6. The number of carbonyl (C=O) groups is 1. The maximum absolute atomic E-state index is 12.3. The van der Waals surface area contributed by atoms with E-state index in [2.05, 4.69) is 40.7 Å². The number of amides is 1. The summed E-state index contributed by atoms with van der Waals surface area (Å²) in [7, 11) is 0. The van der Waals surface area contributed by atoms with E-state index in [1.165, 1.54) is 11.1 Å². The molecule has 1 amide bonds. The number of nitrogens with zero attached hydrogens (tertiary/aromatic N) is 2. The minimum absolute atomic E-state index is 0.291. The van der Waals surface area contributed by atoms with Crippen LogP contribution < -0.4 is 10.6 Å². The van der Waals surface area contributed by atoms with Crippen LogP contribution in [0.15, 0.2) is 66.9 Å². The van der Waals surface area contributed by atoms with Gasteiger partial charge in [-0.1, -0.05) is 36.4 Å². The topological polar surface area (TPSA) is 77.8 Å². The number of carbonyl (C=O) groups excluding carboxylic acids is 1. The van der Waals surface area contributed by atoms with Crippen molar-refractivity contribution in [3.05, 3.63) is 89.2 Å². The lowest BCUT2D eigenvalue weighted by Gasteiger charge is -2.10. The van der Waals surface area contributed by atoms with Crippen molar-refractivity contribution in [2.45, 2.75) is 13.5 Å². The minimum Gasteiger partial charge on any atom is -0.380 e. The zero-order valence-corrected chi connectivity index (χ0v) is 14.4. The van der Waals surface area contributed by atoms with E-state index in [1.807, 2.05) is 18.2 Å². The fourth-order valence-corrected chi connectivity index (χ4v) is 2.51. The van der Waals surface area contributed by atoms with Gasteiger partial charge in [-0.25, -0.2) is 4.98 Å². The van der Waals surface area contributed by atoms with Crippen LogP contribution >= 0.6 is 0 Å². The van der Waals surface area contributed by atoms with E-state index >= 15 is 0 Å². The molecule has 1 aromatic heterocycles. The van der Waals surface area contributed by atoms with Crippen molar-refractivity contribution in [1.29, 1.82) is 5.26 Å².